The molecule has 0 saturated carbocycles. The first-order valence-corrected chi connectivity index (χ1v) is 1.41. The van der Waals surface area contributed by atoms with E-state index in [9.17, 15) is 0 Å². The fourth-order valence-corrected chi connectivity index (χ4v) is 0. The molecule has 0 aliphatic carbocycles. The molecule has 0 amide bonds. The molecule has 0 spiro atoms. The molecule has 0 aromatic rings. The van der Waals surface area contributed by atoms with Gasteiger partial charge in [-0.05, 0) is 13.8 Å². The van der Waals surface area contributed by atoms with Gasteiger partial charge in [-0.3, -0.25) is 0 Å². The van der Waals surface area contributed by atoms with Crippen molar-refractivity contribution in [1.29, 1.82) is 0 Å². The average Bonchev–Trinajstić information content (AvgIpc) is 0.811. The summed E-state index contributed by atoms with van der Waals surface area (Å²) in [6.07, 6.45) is -0.167. The minimum Gasteiger partial charge on any atom is -0.394 e. The van der Waals surface area contributed by atoms with E-state index in [1.807, 2.05) is 0 Å². The molecule has 0 fully saturated rings. The number of halogens is 1. The Morgan fingerprint density at radius 2 is 1.33 bits per heavy atom. The van der Waals surface area contributed by atoms with E-state index >= 15 is 0 Å². The summed E-state index contributed by atoms with van der Waals surface area (Å²) < 4.78 is 0. The number of aliphatic hydroxyl groups excluding tert-OH is 1. The third-order valence-corrected chi connectivity index (χ3v) is 0. The Labute approximate surface area is 70.4 Å². The van der Waals surface area contributed by atoms with Crippen LogP contribution in [0.1, 0.15) is 13.8 Å². The predicted octanol–water partition coefficient (Wildman–Crippen LogP) is 1.00. The summed E-state index contributed by atoms with van der Waals surface area (Å²) in [6, 6.07) is 0. The van der Waals surface area contributed by atoms with E-state index in [-0.39, 0.29) is 51.8 Å². The molecular weight excluding hydrogens is 227 g/mol. The monoisotopic (exact) mass is 236 g/mol. The second kappa shape index (κ2) is 9.64. The van der Waals surface area contributed by atoms with Crippen molar-refractivity contribution >= 4 is 24.0 Å². The third-order valence-electron chi connectivity index (χ3n) is 0. The molecule has 0 atom stereocenters. The first kappa shape index (κ1) is 15.7. The predicted molar refractivity (Wildman–Crippen MR) is 32.8 cm³/mol. The van der Waals surface area contributed by atoms with Crippen LogP contribution < -0.4 is 0 Å². The Balaban J connectivity index is -0.0000000450. The van der Waals surface area contributed by atoms with Crippen LogP contribution in [-0.4, -0.2) is 11.2 Å². The summed E-state index contributed by atoms with van der Waals surface area (Å²) in [4.78, 5) is 0. The van der Waals surface area contributed by atoms with Gasteiger partial charge in [-0.25, -0.2) is 0 Å². The van der Waals surface area contributed by atoms with Gasteiger partial charge in [0.2, 0.25) is 0 Å². The van der Waals surface area contributed by atoms with E-state index in [4.69, 9.17) is 5.11 Å². The van der Waals surface area contributed by atoms with Crippen molar-refractivity contribution in [2.75, 3.05) is 0 Å². The number of aliphatic hydroxyl groups is 1. The summed E-state index contributed by atoms with van der Waals surface area (Å²) in [7, 11) is 0. The van der Waals surface area contributed by atoms with Gasteiger partial charge >= 0.3 is 0 Å². The molecule has 6 heavy (non-hydrogen) atoms. The zero-order valence-electron chi connectivity index (χ0n) is 3.93. The molecule has 0 unspecified atom stereocenters. The summed E-state index contributed by atoms with van der Waals surface area (Å²) >= 11 is 0. The molecule has 0 radical (unpaired) electrons. The normalized spacial score (nSPS) is 6.00. The Morgan fingerprint density at radius 1 is 1.33 bits per heavy atom. The van der Waals surface area contributed by atoms with Crippen LogP contribution in [0.2, 0.25) is 0 Å². The van der Waals surface area contributed by atoms with Gasteiger partial charge in [0.1, 0.15) is 0 Å². The van der Waals surface area contributed by atoms with E-state index in [0.717, 1.165) is 0 Å². The molecule has 1 N–H and O–H groups in total. The Hall–Kier alpha value is 1.40. The smallest absolute Gasteiger partial charge is 0.0483 e. The van der Waals surface area contributed by atoms with Gasteiger partial charge < -0.3 is 5.11 Å². The Bertz CT molecular complexity index is 15.5. The second-order valence-corrected chi connectivity index (χ2v) is 1.09. The molecular formula is C3H9IOTi. The van der Waals surface area contributed by atoms with E-state index in [1.165, 1.54) is 0 Å². The van der Waals surface area contributed by atoms with Crippen LogP contribution in [0.3, 0.4) is 0 Å². The van der Waals surface area contributed by atoms with Crippen molar-refractivity contribution in [2.24, 2.45) is 0 Å². The van der Waals surface area contributed by atoms with Crippen LogP contribution in [0.15, 0.2) is 0 Å². The summed E-state index contributed by atoms with van der Waals surface area (Å²) in [6.45, 7) is 3.44. The molecule has 0 aliphatic heterocycles. The fraction of sp³-hybridized carbons (Fsp3) is 1.00. The van der Waals surface area contributed by atoms with E-state index in [0.29, 0.717) is 0 Å². The van der Waals surface area contributed by atoms with Gasteiger partial charge in [-0.15, -0.1) is 24.0 Å². The van der Waals surface area contributed by atoms with Crippen molar-refractivity contribution in [3.8, 4) is 0 Å². The van der Waals surface area contributed by atoms with Gasteiger partial charge in [0.05, 0.1) is 0 Å². The number of hydrogen-bond acceptors (Lipinski definition) is 1. The zero-order valence-corrected chi connectivity index (χ0v) is 7.82. The average molecular weight is 236 g/mol. The van der Waals surface area contributed by atoms with Crippen molar-refractivity contribution in [3.63, 3.8) is 0 Å². The van der Waals surface area contributed by atoms with Crippen molar-refractivity contribution in [2.45, 2.75) is 20.0 Å². The summed E-state index contributed by atoms with van der Waals surface area (Å²) in [5.41, 5.74) is 0. The SMILES string of the molecule is CC(C)O.I.[Ti]. The molecule has 0 saturated heterocycles. The molecule has 0 bridgehead atoms. The zero-order chi connectivity index (χ0) is 3.58. The fourth-order valence-electron chi connectivity index (χ4n) is 0. The largest absolute Gasteiger partial charge is 0.394 e. The maximum atomic E-state index is 8.06. The van der Waals surface area contributed by atoms with E-state index < -0.39 is 0 Å². The van der Waals surface area contributed by atoms with E-state index in [2.05, 4.69) is 0 Å². The van der Waals surface area contributed by atoms with Crippen molar-refractivity contribution in [3.05, 3.63) is 0 Å². The first-order valence-electron chi connectivity index (χ1n) is 1.41. The van der Waals surface area contributed by atoms with Gasteiger partial charge in [0.15, 0.2) is 0 Å². The molecule has 0 heterocycles. The molecule has 0 aromatic heterocycles. The first-order chi connectivity index (χ1) is 1.73. The molecule has 38 valence electrons. The van der Waals surface area contributed by atoms with E-state index in [1.54, 1.807) is 13.8 Å². The van der Waals surface area contributed by atoms with Gasteiger partial charge in [-0.1, -0.05) is 0 Å². The maximum Gasteiger partial charge on any atom is 0.0483 e. The topological polar surface area (TPSA) is 20.2 Å². The van der Waals surface area contributed by atoms with Crippen LogP contribution in [0.5, 0.6) is 0 Å². The molecule has 0 aromatic carbocycles. The standard InChI is InChI=1S/C3H8O.HI.Ti/c1-3(2)4;;/h3-4H,1-2H3;1H;. The van der Waals surface area contributed by atoms with Crippen LogP contribution >= 0.6 is 24.0 Å². The van der Waals surface area contributed by atoms with Crippen LogP contribution in [-0.2, 0) is 21.7 Å². The summed E-state index contributed by atoms with van der Waals surface area (Å²) in [5, 5.41) is 8.06. The Kier molecular flexibility index (Phi) is 25.2. The van der Waals surface area contributed by atoms with Crippen LogP contribution in [0, 0.1) is 0 Å². The van der Waals surface area contributed by atoms with Crippen molar-refractivity contribution in [1.82, 2.24) is 0 Å². The number of rotatable bonds is 0. The molecule has 3 heteroatoms. The second-order valence-electron chi connectivity index (χ2n) is 1.09. The van der Waals surface area contributed by atoms with Crippen molar-refractivity contribution < 1.29 is 26.8 Å². The quantitative estimate of drug-likeness (QED) is 0.491. The third kappa shape index (κ3) is 53.2. The van der Waals surface area contributed by atoms with Gasteiger partial charge in [0, 0.05) is 27.8 Å². The van der Waals surface area contributed by atoms with Gasteiger partial charge in [0.25, 0.3) is 0 Å². The molecule has 0 aliphatic rings. The minimum atomic E-state index is -0.167. The number of hydrogen-bond donors (Lipinski definition) is 1. The van der Waals surface area contributed by atoms with Crippen LogP contribution in [0.25, 0.3) is 0 Å². The Morgan fingerprint density at radius 3 is 1.33 bits per heavy atom. The maximum absolute atomic E-state index is 8.06. The van der Waals surface area contributed by atoms with Crippen LogP contribution in [0.4, 0.5) is 0 Å². The van der Waals surface area contributed by atoms with Gasteiger partial charge in [-0.2, -0.15) is 0 Å². The summed E-state index contributed by atoms with van der Waals surface area (Å²) in [5.74, 6) is 0. The molecule has 1 nitrogen and oxygen atoms in total. The molecule has 0 rings (SSSR count). The minimum absolute atomic E-state index is 0.